The van der Waals surface area contributed by atoms with E-state index in [1.807, 2.05) is 17.0 Å². The van der Waals surface area contributed by atoms with E-state index in [9.17, 15) is 4.79 Å². The smallest absolute Gasteiger partial charge is 0.224 e. The lowest BCUT2D eigenvalue weighted by molar-refractivity contribution is -0.129. The number of carbonyl (C=O) groups is 1. The summed E-state index contributed by atoms with van der Waals surface area (Å²) in [6, 6.07) is 4.34. The van der Waals surface area contributed by atoms with Gasteiger partial charge in [0.15, 0.2) is 5.82 Å². The van der Waals surface area contributed by atoms with E-state index >= 15 is 0 Å². The summed E-state index contributed by atoms with van der Waals surface area (Å²) in [6.45, 7) is 1.48. The first kappa shape index (κ1) is 12.5. The molecule has 4 rings (SSSR count). The number of carbonyl (C=O) groups excluding carboxylic acids is 1. The number of hydrogen-bond acceptors (Lipinski definition) is 5. The van der Waals surface area contributed by atoms with Crippen LogP contribution < -0.4 is 5.32 Å². The van der Waals surface area contributed by atoms with Gasteiger partial charge in [-0.25, -0.2) is 4.98 Å². The highest BCUT2D eigenvalue weighted by Gasteiger charge is 2.42. The summed E-state index contributed by atoms with van der Waals surface area (Å²) in [4.78, 5) is 22.5. The molecular formula is C14H16N6O. The molecule has 7 heteroatoms. The zero-order chi connectivity index (χ0) is 14.2. The van der Waals surface area contributed by atoms with Crippen molar-refractivity contribution in [1.82, 2.24) is 30.4 Å². The molecule has 0 aromatic carbocycles. The van der Waals surface area contributed by atoms with Crippen LogP contribution >= 0.6 is 0 Å². The second kappa shape index (κ2) is 4.92. The van der Waals surface area contributed by atoms with E-state index in [0.29, 0.717) is 30.9 Å². The van der Waals surface area contributed by atoms with Gasteiger partial charge in [-0.2, -0.15) is 5.10 Å². The van der Waals surface area contributed by atoms with Crippen LogP contribution in [0.3, 0.4) is 0 Å². The summed E-state index contributed by atoms with van der Waals surface area (Å²) in [5.41, 5.74) is 0.917. The van der Waals surface area contributed by atoms with Crippen LogP contribution in [0, 0.1) is 0 Å². The Labute approximate surface area is 121 Å². The molecule has 0 unspecified atom stereocenters. The lowest BCUT2D eigenvalue weighted by Crippen LogP contribution is -2.35. The summed E-state index contributed by atoms with van der Waals surface area (Å²) < 4.78 is 0. The number of nitrogens with one attached hydrogen (secondary N) is 2. The van der Waals surface area contributed by atoms with E-state index in [1.165, 1.54) is 0 Å². The van der Waals surface area contributed by atoms with Gasteiger partial charge < -0.3 is 10.2 Å². The molecule has 2 aliphatic heterocycles. The second-order valence-electron chi connectivity index (χ2n) is 5.48. The molecule has 0 aliphatic carbocycles. The molecule has 2 saturated heterocycles. The first-order valence-corrected chi connectivity index (χ1v) is 7.16. The average molecular weight is 284 g/mol. The fraction of sp³-hybridized carbons (Fsp3) is 0.429. The Kier molecular flexibility index (Phi) is 2.92. The van der Waals surface area contributed by atoms with Crippen LogP contribution in [0.4, 0.5) is 0 Å². The quantitative estimate of drug-likeness (QED) is 0.848. The van der Waals surface area contributed by atoms with Gasteiger partial charge in [0.2, 0.25) is 5.91 Å². The van der Waals surface area contributed by atoms with Gasteiger partial charge in [0, 0.05) is 36.5 Å². The van der Waals surface area contributed by atoms with Gasteiger partial charge in [0.1, 0.15) is 5.82 Å². The van der Waals surface area contributed by atoms with E-state index < -0.39 is 0 Å². The maximum atomic E-state index is 12.1. The van der Waals surface area contributed by atoms with Gasteiger partial charge >= 0.3 is 0 Å². The third-order valence-corrected chi connectivity index (χ3v) is 4.22. The van der Waals surface area contributed by atoms with Gasteiger partial charge in [-0.15, -0.1) is 0 Å². The fourth-order valence-corrected chi connectivity index (χ4v) is 3.19. The van der Waals surface area contributed by atoms with Crippen LogP contribution in [0.1, 0.15) is 18.7 Å². The van der Waals surface area contributed by atoms with Crippen molar-refractivity contribution in [2.75, 3.05) is 6.54 Å². The molecule has 0 spiro atoms. The third kappa shape index (κ3) is 2.19. The van der Waals surface area contributed by atoms with Crippen molar-refractivity contribution >= 4 is 5.91 Å². The normalized spacial score (nSPS) is 24.6. The Morgan fingerprint density at radius 2 is 2.19 bits per heavy atom. The molecule has 2 fully saturated rings. The van der Waals surface area contributed by atoms with E-state index in [-0.39, 0.29) is 5.91 Å². The van der Waals surface area contributed by atoms with Gasteiger partial charge in [-0.1, -0.05) is 0 Å². The van der Waals surface area contributed by atoms with Crippen molar-refractivity contribution in [3.05, 3.63) is 30.4 Å². The van der Waals surface area contributed by atoms with Crippen molar-refractivity contribution < 1.29 is 4.79 Å². The SMILES string of the molecule is O=C1C[C@H]2NCC[C@H]2N1Cc1nc(-c2ccncc2)n[nH]1. The standard InChI is InChI=1S/C14H16N6O/c21-13-7-10-11(3-6-16-10)20(13)8-12-17-14(19-18-12)9-1-4-15-5-2-9/h1-2,4-5,10-11,16H,3,6-8H2,(H,17,18,19)/t10-,11-/m1/s1. The minimum absolute atomic E-state index is 0.194. The van der Waals surface area contributed by atoms with Crippen molar-refractivity contribution in [2.24, 2.45) is 0 Å². The molecule has 1 amide bonds. The Hall–Kier alpha value is -2.28. The van der Waals surface area contributed by atoms with Crippen LogP contribution in [0.2, 0.25) is 0 Å². The Morgan fingerprint density at radius 3 is 3.05 bits per heavy atom. The topological polar surface area (TPSA) is 86.8 Å². The van der Waals surface area contributed by atoms with Crippen LogP contribution in [0.25, 0.3) is 11.4 Å². The van der Waals surface area contributed by atoms with Crippen LogP contribution in [0.15, 0.2) is 24.5 Å². The van der Waals surface area contributed by atoms with Gasteiger partial charge in [0.05, 0.1) is 6.54 Å². The Balaban J connectivity index is 1.53. The molecule has 2 aromatic rings. The van der Waals surface area contributed by atoms with Gasteiger partial charge in [-0.3, -0.25) is 14.9 Å². The van der Waals surface area contributed by atoms with Crippen molar-refractivity contribution in [2.45, 2.75) is 31.5 Å². The Morgan fingerprint density at radius 1 is 1.33 bits per heavy atom. The van der Waals surface area contributed by atoms with E-state index in [1.54, 1.807) is 12.4 Å². The number of fused-ring (bicyclic) bond motifs is 1. The number of likely N-dealkylation sites (tertiary alicyclic amines) is 1. The number of amides is 1. The molecular weight excluding hydrogens is 268 g/mol. The molecule has 21 heavy (non-hydrogen) atoms. The van der Waals surface area contributed by atoms with Crippen LogP contribution in [-0.2, 0) is 11.3 Å². The molecule has 2 aromatic heterocycles. The number of nitrogens with zero attached hydrogens (tertiary/aromatic N) is 4. The minimum Gasteiger partial charge on any atom is -0.331 e. The number of H-pyrrole nitrogens is 1. The number of hydrogen-bond donors (Lipinski definition) is 2. The zero-order valence-corrected chi connectivity index (χ0v) is 11.5. The Bertz CT molecular complexity index is 654. The first-order valence-electron chi connectivity index (χ1n) is 7.16. The summed E-state index contributed by atoms with van der Waals surface area (Å²) in [6.07, 6.45) is 5.03. The summed E-state index contributed by atoms with van der Waals surface area (Å²) in [7, 11) is 0. The molecule has 0 radical (unpaired) electrons. The van der Waals surface area contributed by atoms with E-state index in [0.717, 1.165) is 24.4 Å². The second-order valence-corrected chi connectivity index (χ2v) is 5.48. The summed E-state index contributed by atoms with van der Waals surface area (Å²) in [5.74, 6) is 1.56. The minimum atomic E-state index is 0.194. The number of pyridine rings is 1. The molecule has 2 aliphatic rings. The highest BCUT2D eigenvalue weighted by Crippen LogP contribution is 2.27. The number of aromatic amines is 1. The van der Waals surface area contributed by atoms with Gasteiger partial charge in [0.25, 0.3) is 0 Å². The van der Waals surface area contributed by atoms with Crippen molar-refractivity contribution in [3.8, 4) is 11.4 Å². The predicted octanol–water partition coefficient (Wildman–Crippen LogP) is 0.329. The highest BCUT2D eigenvalue weighted by atomic mass is 16.2. The molecule has 2 atom stereocenters. The highest BCUT2D eigenvalue weighted by molar-refractivity contribution is 5.80. The van der Waals surface area contributed by atoms with Gasteiger partial charge in [-0.05, 0) is 25.1 Å². The molecule has 2 N–H and O–H groups in total. The lowest BCUT2D eigenvalue weighted by Gasteiger charge is -2.21. The monoisotopic (exact) mass is 284 g/mol. The first-order chi connectivity index (χ1) is 10.3. The summed E-state index contributed by atoms with van der Waals surface area (Å²) >= 11 is 0. The van der Waals surface area contributed by atoms with E-state index in [2.05, 4.69) is 25.5 Å². The molecule has 0 bridgehead atoms. The maximum Gasteiger partial charge on any atom is 0.224 e. The molecule has 4 heterocycles. The fourth-order valence-electron chi connectivity index (χ4n) is 3.19. The number of aromatic nitrogens is 4. The molecule has 0 saturated carbocycles. The molecule has 108 valence electrons. The third-order valence-electron chi connectivity index (χ3n) is 4.22. The van der Waals surface area contributed by atoms with Crippen molar-refractivity contribution in [1.29, 1.82) is 0 Å². The largest absolute Gasteiger partial charge is 0.331 e. The lowest BCUT2D eigenvalue weighted by atomic mass is 10.1. The number of rotatable bonds is 3. The average Bonchev–Trinajstić information content (AvgIpc) is 3.19. The summed E-state index contributed by atoms with van der Waals surface area (Å²) in [5, 5.41) is 10.5. The zero-order valence-electron chi connectivity index (χ0n) is 11.5. The van der Waals surface area contributed by atoms with Crippen molar-refractivity contribution in [3.63, 3.8) is 0 Å². The van der Waals surface area contributed by atoms with E-state index in [4.69, 9.17) is 0 Å². The predicted molar refractivity (Wildman–Crippen MR) is 75.0 cm³/mol. The van der Waals surface area contributed by atoms with Crippen LogP contribution in [-0.4, -0.2) is 49.6 Å². The maximum absolute atomic E-state index is 12.1. The molecule has 7 nitrogen and oxygen atoms in total. The van der Waals surface area contributed by atoms with Crippen LogP contribution in [0.5, 0.6) is 0 Å².